The smallest absolute Gasteiger partial charge is 0.255 e. The fourth-order valence-electron chi connectivity index (χ4n) is 3.45. The number of carbonyl (C=O) groups excluding carboxylic acids is 1. The number of ether oxygens (including phenoxy) is 1. The summed E-state index contributed by atoms with van der Waals surface area (Å²) in [6.07, 6.45) is 6.79. The Hall–Kier alpha value is -3.48. The zero-order valence-corrected chi connectivity index (χ0v) is 16.6. The van der Waals surface area contributed by atoms with Gasteiger partial charge in [0.15, 0.2) is 0 Å². The van der Waals surface area contributed by atoms with Gasteiger partial charge in [-0.15, -0.1) is 0 Å². The number of nitrogens with one attached hydrogen (secondary N) is 1. The van der Waals surface area contributed by atoms with Gasteiger partial charge < -0.3 is 15.0 Å². The second kappa shape index (κ2) is 9.35. The Kier molecular flexibility index (Phi) is 6.17. The van der Waals surface area contributed by atoms with Crippen LogP contribution in [0.4, 0.5) is 10.2 Å². The Bertz CT molecular complexity index is 1000. The number of nitrogens with zero attached hydrogens (tertiary/aromatic N) is 3. The Balaban J connectivity index is 1.41. The summed E-state index contributed by atoms with van der Waals surface area (Å²) in [7, 11) is 0. The highest BCUT2D eigenvalue weighted by molar-refractivity contribution is 5.98. The third-order valence-electron chi connectivity index (χ3n) is 4.98. The van der Waals surface area contributed by atoms with E-state index in [1.165, 1.54) is 30.7 Å². The molecule has 30 heavy (non-hydrogen) atoms. The molecule has 0 atom stereocenters. The Morgan fingerprint density at radius 2 is 1.83 bits per heavy atom. The number of pyridine rings is 2. The zero-order chi connectivity index (χ0) is 20.8. The van der Waals surface area contributed by atoms with Crippen LogP contribution in [0.25, 0.3) is 0 Å². The van der Waals surface area contributed by atoms with Crippen molar-refractivity contribution in [3.8, 4) is 11.6 Å². The Labute approximate surface area is 174 Å². The molecule has 0 spiro atoms. The van der Waals surface area contributed by atoms with Gasteiger partial charge in [-0.25, -0.2) is 14.4 Å². The van der Waals surface area contributed by atoms with Crippen molar-refractivity contribution >= 4 is 11.7 Å². The van der Waals surface area contributed by atoms with Gasteiger partial charge in [-0.1, -0.05) is 0 Å². The summed E-state index contributed by atoms with van der Waals surface area (Å²) in [4.78, 5) is 23.6. The lowest BCUT2D eigenvalue weighted by atomic mass is 10.1. The van der Waals surface area contributed by atoms with E-state index >= 15 is 0 Å². The van der Waals surface area contributed by atoms with Crippen LogP contribution in [0.2, 0.25) is 0 Å². The molecular formula is C23H23FN4O2. The molecule has 0 bridgehead atoms. The second-order valence-corrected chi connectivity index (χ2v) is 7.16. The van der Waals surface area contributed by atoms with Gasteiger partial charge in [0.25, 0.3) is 5.91 Å². The van der Waals surface area contributed by atoms with Gasteiger partial charge in [0.05, 0.1) is 5.56 Å². The lowest BCUT2D eigenvalue weighted by molar-refractivity contribution is 0.0951. The first-order chi connectivity index (χ1) is 14.7. The highest BCUT2D eigenvalue weighted by atomic mass is 19.1. The molecule has 3 heterocycles. The topological polar surface area (TPSA) is 67.3 Å². The standard InChI is InChI=1S/C23H23FN4O2/c24-18-6-8-19(9-7-18)30-21-15-17(10-12-25-21)16-27-23(29)20-5-4-11-26-22(20)28-13-2-1-3-14-28/h4-12,15H,1-3,13-14,16H2,(H,27,29). The minimum absolute atomic E-state index is 0.165. The molecular weight excluding hydrogens is 383 g/mol. The third kappa shape index (κ3) is 4.92. The largest absolute Gasteiger partial charge is 0.439 e. The van der Waals surface area contributed by atoms with E-state index in [2.05, 4.69) is 20.2 Å². The van der Waals surface area contributed by atoms with Crippen molar-refractivity contribution in [3.63, 3.8) is 0 Å². The monoisotopic (exact) mass is 406 g/mol. The highest BCUT2D eigenvalue weighted by Crippen LogP contribution is 2.22. The molecule has 6 nitrogen and oxygen atoms in total. The van der Waals surface area contributed by atoms with Crippen molar-refractivity contribution < 1.29 is 13.9 Å². The lowest BCUT2D eigenvalue weighted by Crippen LogP contribution is -2.33. The van der Waals surface area contributed by atoms with E-state index in [1.807, 2.05) is 12.1 Å². The number of halogens is 1. The van der Waals surface area contributed by atoms with Crippen LogP contribution < -0.4 is 15.0 Å². The number of benzene rings is 1. The van der Waals surface area contributed by atoms with E-state index in [0.717, 1.165) is 37.3 Å². The number of piperidine rings is 1. The normalized spacial score (nSPS) is 13.7. The van der Waals surface area contributed by atoms with Gasteiger partial charge in [0.1, 0.15) is 17.4 Å². The highest BCUT2D eigenvalue weighted by Gasteiger charge is 2.19. The van der Waals surface area contributed by atoms with Gasteiger partial charge in [0.2, 0.25) is 5.88 Å². The predicted molar refractivity (Wildman–Crippen MR) is 112 cm³/mol. The SMILES string of the molecule is O=C(NCc1ccnc(Oc2ccc(F)cc2)c1)c1cccnc1N1CCCCC1. The maximum atomic E-state index is 13.0. The molecule has 3 aromatic rings. The van der Waals surface area contributed by atoms with Gasteiger partial charge >= 0.3 is 0 Å². The molecule has 0 radical (unpaired) electrons. The van der Waals surface area contributed by atoms with Crippen LogP contribution in [-0.4, -0.2) is 29.0 Å². The quantitative estimate of drug-likeness (QED) is 0.660. The Morgan fingerprint density at radius 1 is 1.03 bits per heavy atom. The number of carbonyl (C=O) groups is 1. The molecule has 2 aromatic heterocycles. The van der Waals surface area contributed by atoms with E-state index in [4.69, 9.17) is 4.74 Å². The average Bonchev–Trinajstić information content (AvgIpc) is 2.80. The van der Waals surface area contributed by atoms with Crippen LogP contribution in [0.5, 0.6) is 11.6 Å². The van der Waals surface area contributed by atoms with Crippen molar-refractivity contribution in [2.24, 2.45) is 0 Å². The number of anilines is 1. The first kappa shape index (κ1) is 19.8. The number of rotatable bonds is 6. The maximum Gasteiger partial charge on any atom is 0.255 e. The number of amides is 1. The summed E-state index contributed by atoms with van der Waals surface area (Å²) >= 11 is 0. The summed E-state index contributed by atoms with van der Waals surface area (Å²) in [6, 6.07) is 12.9. The second-order valence-electron chi connectivity index (χ2n) is 7.16. The van der Waals surface area contributed by atoms with Crippen molar-refractivity contribution in [3.05, 3.63) is 77.9 Å². The molecule has 7 heteroatoms. The molecule has 154 valence electrons. The van der Waals surface area contributed by atoms with E-state index < -0.39 is 0 Å². The number of hydrogen-bond donors (Lipinski definition) is 1. The number of hydrogen-bond acceptors (Lipinski definition) is 5. The molecule has 1 amide bonds. The summed E-state index contributed by atoms with van der Waals surface area (Å²) in [5, 5.41) is 2.95. The predicted octanol–water partition coefficient (Wildman–Crippen LogP) is 4.33. The molecule has 1 N–H and O–H groups in total. The molecule has 0 saturated carbocycles. The van der Waals surface area contributed by atoms with Gasteiger partial charge in [-0.2, -0.15) is 0 Å². The molecule has 1 aliphatic rings. The van der Waals surface area contributed by atoms with Crippen molar-refractivity contribution in [2.75, 3.05) is 18.0 Å². The molecule has 1 aliphatic heterocycles. The van der Waals surface area contributed by atoms with Crippen LogP contribution in [0.3, 0.4) is 0 Å². The first-order valence-electron chi connectivity index (χ1n) is 10.1. The molecule has 0 unspecified atom stereocenters. The molecule has 1 fully saturated rings. The number of aromatic nitrogens is 2. The van der Waals surface area contributed by atoms with Crippen molar-refractivity contribution in [1.29, 1.82) is 0 Å². The Morgan fingerprint density at radius 3 is 2.63 bits per heavy atom. The molecule has 4 rings (SSSR count). The van der Waals surface area contributed by atoms with Crippen LogP contribution in [0, 0.1) is 5.82 Å². The minimum atomic E-state index is -0.328. The van der Waals surface area contributed by atoms with Crippen LogP contribution in [-0.2, 0) is 6.54 Å². The van der Waals surface area contributed by atoms with E-state index in [-0.39, 0.29) is 11.7 Å². The van der Waals surface area contributed by atoms with Gasteiger partial charge in [-0.05, 0) is 67.3 Å². The molecule has 0 aliphatic carbocycles. The first-order valence-corrected chi connectivity index (χ1v) is 10.1. The summed E-state index contributed by atoms with van der Waals surface area (Å²) in [5.41, 5.74) is 1.43. The van der Waals surface area contributed by atoms with Crippen LogP contribution in [0.15, 0.2) is 60.9 Å². The fourth-order valence-corrected chi connectivity index (χ4v) is 3.45. The van der Waals surface area contributed by atoms with E-state index in [0.29, 0.717) is 23.7 Å². The van der Waals surface area contributed by atoms with Gasteiger partial charge in [-0.3, -0.25) is 4.79 Å². The maximum absolute atomic E-state index is 13.0. The van der Waals surface area contributed by atoms with Crippen molar-refractivity contribution in [2.45, 2.75) is 25.8 Å². The van der Waals surface area contributed by atoms with Crippen molar-refractivity contribution in [1.82, 2.24) is 15.3 Å². The molecule has 1 saturated heterocycles. The lowest BCUT2D eigenvalue weighted by Gasteiger charge is -2.29. The summed E-state index contributed by atoms with van der Waals surface area (Å²) < 4.78 is 18.7. The van der Waals surface area contributed by atoms with Crippen LogP contribution >= 0.6 is 0 Å². The van der Waals surface area contributed by atoms with Crippen LogP contribution in [0.1, 0.15) is 35.2 Å². The third-order valence-corrected chi connectivity index (χ3v) is 4.98. The van der Waals surface area contributed by atoms with Gasteiger partial charge in [0, 0.05) is 38.1 Å². The minimum Gasteiger partial charge on any atom is -0.439 e. The fraction of sp³-hybridized carbons (Fsp3) is 0.261. The van der Waals surface area contributed by atoms with E-state index in [1.54, 1.807) is 24.5 Å². The zero-order valence-electron chi connectivity index (χ0n) is 16.6. The molecule has 1 aromatic carbocycles. The van der Waals surface area contributed by atoms with E-state index in [9.17, 15) is 9.18 Å². The summed E-state index contributed by atoms with van der Waals surface area (Å²) in [5.74, 6) is 1.12. The average molecular weight is 406 g/mol. The summed E-state index contributed by atoms with van der Waals surface area (Å²) in [6.45, 7) is 2.17.